The number of nitrogen functional groups attached to an aromatic ring is 1. The van der Waals surface area contributed by atoms with Crippen LogP contribution in [0.5, 0.6) is 5.88 Å². The fourth-order valence-electron chi connectivity index (χ4n) is 1.66. The van der Waals surface area contributed by atoms with Gasteiger partial charge in [-0.25, -0.2) is 4.98 Å². The number of nitrogens with two attached hydrogens (primary N) is 1. The highest BCUT2D eigenvalue weighted by Gasteiger charge is 2.10. The first-order chi connectivity index (χ1) is 9.49. The van der Waals surface area contributed by atoms with Crippen molar-refractivity contribution in [2.45, 2.75) is 13.8 Å². The molecule has 20 heavy (non-hydrogen) atoms. The van der Waals surface area contributed by atoms with E-state index in [9.17, 15) is 4.79 Å². The highest BCUT2D eigenvalue weighted by molar-refractivity contribution is 6.04. The maximum absolute atomic E-state index is 12.1. The topological polar surface area (TPSA) is 90.1 Å². The summed E-state index contributed by atoms with van der Waals surface area (Å²) in [6.45, 7) is 3.68. The van der Waals surface area contributed by atoms with E-state index >= 15 is 0 Å². The molecule has 0 saturated carbocycles. The number of rotatable bonds is 3. The van der Waals surface area contributed by atoms with E-state index in [1.54, 1.807) is 31.2 Å². The van der Waals surface area contributed by atoms with Gasteiger partial charge in [-0.2, -0.15) is 4.98 Å². The summed E-state index contributed by atoms with van der Waals surface area (Å²) in [5.41, 5.74) is 8.45. The SMILES string of the molecule is COc1cc(C)nc(NC(=O)c2ccc(C)c(N)c2)n1. The molecule has 104 valence electrons. The lowest BCUT2D eigenvalue weighted by Crippen LogP contribution is -2.15. The molecule has 0 unspecified atom stereocenters. The molecule has 0 radical (unpaired) electrons. The number of carbonyl (C=O) groups is 1. The van der Waals surface area contributed by atoms with E-state index in [2.05, 4.69) is 15.3 Å². The first-order valence-electron chi connectivity index (χ1n) is 6.06. The molecule has 0 aliphatic carbocycles. The van der Waals surface area contributed by atoms with Crippen LogP contribution in [-0.2, 0) is 0 Å². The standard InChI is InChI=1S/C14H16N4O2/c1-8-4-5-10(7-11(8)15)13(19)18-14-16-9(2)6-12(17-14)20-3/h4-7H,15H2,1-3H3,(H,16,17,18,19). The van der Waals surface area contributed by atoms with E-state index in [1.165, 1.54) is 7.11 Å². The average molecular weight is 272 g/mol. The third kappa shape index (κ3) is 3.03. The van der Waals surface area contributed by atoms with Gasteiger partial charge in [0.25, 0.3) is 5.91 Å². The van der Waals surface area contributed by atoms with Gasteiger partial charge in [-0.15, -0.1) is 0 Å². The molecule has 3 N–H and O–H groups in total. The Balaban J connectivity index is 2.23. The van der Waals surface area contributed by atoms with E-state index in [0.717, 1.165) is 5.56 Å². The van der Waals surface area contributed by atoms with Gasteiger partial charge in [-0.05, 0) is 31.5 Å². The van der Waals surface area contributed by atoms with Gasteiger partial charge in [0.1, 0.15) is 0 Å². The van der Waals surface area contributed by atoms with E-state index < -0.39 is 0 Å². The minimum absolute atomic E-state index is 0.200. The Morgan fingerprint density at radius 1 is 1.25 bits per heavy atom. The second-order valence-corrected chi connectivity index (χ2v) is 4.40. The molecule has 0 spiro atoms. The summed E-state index contributed by atoms with van der Waals surface area (Å²) in [7, 11) is 1.51. The average Bonchev–Trinajstić information content (AvgIpc) is 2.41. The quantitative estimate of drug-likeness (QED) is 0.833. The zero-order valence-electron chi connectivity index (χ0n) is 11.6. The number of hydrogen-bond donors (Lipinski definition) is 2. The monoisotopic (exact) mass is 272 g/mol. The zero-order chi connectivity index (χ0) is 14.7. The fourth-order valence-corrected chi connectivity index (χ4v) is 1.66. The van der Waals surface area contributed by atoms with Crippen molar-refractivity contribution in [3.05, 3.63) is 41.1 Å². The third-order valence-electron chi connectivity index (χ3n) is 2.81. The molecule has 0 aliphatic rings. The van der Waals surface area contributed by atoms with Crippen LogP contribution >= 0.6 is 0 Å². The molecule has 2 aromatic rings. The van der Waals surface area contributed by atoms with Crippen molar-refractivity contribution >= 4 is 17.5 Å². The summed E-state index contributed by atoms with van der Waals surface area (Å²) in [6.07, 6.45) is 0. The van der Waals surface area contributed by atoms with Crippen molar-refractivity contribution in [2.24, 2.45) is 0 Å². The van der Waals surface area contributed by atoms with Crippen LogP contribution in [-0.4, -0.2) is 23.0 Å². The molecule has 1 aromatic carbocycles. The number of benzene rings is 1. The number of aromatic nitrogens is 2. The molecule has 0 bridgehead atoms. The number of aryl methyl sites for hydroxylation is 2. The van der Waals surface area contributed by atoms with Crippen molar-refractivity contribution in [1.29, 1.82) is 0 Å². The summed E-state index contributed by atoms with van der Waals surface area (Å²) in [6, 6.07) is 6.80. The number of ether oxygens (including phenoxy) is 1. The van der Waals surface area contributed by atoms with Crippen LogP contribution in [0.3, 0.4) is 0 Å². The molecule has 2 rings (SSSR count). The van der Waals surface area contributed by atoms with Crippen LogP contribution < -0.4 is 15.8 Å². The molecule has 0 fully saturated rings. The Labute approximate surface area is 117 Å². The summed E-state index contributed by atoms with van der Waals surface area (Å²) in [5.74, 6) is 0.284. The van der Waals surface area contributed by atoms with Crippen LogP contribution in [0.1, 0.15) is 21.6 Å². The fraction of sp³-hybridized carbons (Fsp3) is 0.214. The smallest absolute Gasteiger partial charge is 0.258 e. The highest BCUT2D eigenvalue weighted by Crippen LogP contribution is 2.15. The van der Waals surface area contributed by atoms with E-state index in [1.807, 2.05) is 6.92 Å². The lowest BCUT2D eigenvalue weighted by atomic mass is 10.1. The third-order valence-corrected chi connectivity index (χ3v) is 2.81. The van der Waals surface area contributed by atoms with E-state index in [-0.39, 0.29) is 11.9 Å². The summed E-state index contributed by atoms with van der Waals surface area (Å²) < 4.78 is 5.04. The first-order valence-corrected chi connectivity index (χ1v) is 6.06. The van der Waals surface area contributed by atoms with Crippen LogP contribution in [0.25, 0.3) is 0 Å². The second-order valence-electron chi connectivity index (χ2n) is 4.40. The predicted octanol–water partition coefficient (Wildman–Crippen LogP) is 1.94. The predicted molar refractivity (Wildman–Crippen MR) is 76.9 cm³/mol. The molecule has 6 nitrogen and oxygen atoms in total. The summed E-state index contributed by atoms with van der Waals surface area (Å²) in [4.78, 5) is 20.3. The molecule has 0 atom stereocenters. The van der Waals surface area contributed by atoms with Gasteiger partial charge in [0, 0.05) is 23.0 Å². The first kappa shape index (κ1) is 13.8. The Morgan fingerprint density at radius 3 is 2.65 bits per heavy atom. The number of carbonyl (C=O) groups excluding carboxylic acids is 1. The van der Waals surface area contributed by atoms with Crippen molar-refractivity contribution in [1.82, 2.24) is 9.97 Å². The zero-order valence-corrected chi connectivity index (χ0v) is 11.6. The van der Waals surface area contributed by atoms with Crippen LogP contribution in [0, 0.1) is 13.8 Å². The van der Waals surface area contributed by atoms with Gasteiger partial charge < -0.3 is 10.5 Å². The number of hydrogen-bond acceptors (Lipinski definition) is 5. The van der Waals surface area contributed by atoms with Gasteiger partial charge in [0.2, 0.25) is 11.8 Å². The van der Waals surface area contributed by atoms with Crippen LogP contribution in [0.4, 0.5) is 11.6 Å². The highest BCUT2D eigenvalue weighted by atomic mass is 16.5. The minimum Gasteiger partial charge on any atom is -0.481 e. The minimum atomic E-state index is -0.315. The maximum Gasteiger partial charge on any atom is 0.258 e. The van der Waals surface area contributed by atoms with Crippen LogP contribution in [0.2, 0.25) is 0 Å². The van der Waals surface area contributed by atoms with Gasteiger partial charge in [-0.3, -0.25) is 10.1 Å². The summed E-state index contributed by atoms with van der Waals surface area (Å²) >= 11 is 0. The molecule has 1 heterocycles. The summed E-state index contributed by atoms with van der Waals surface area (Å²) in [5, 5.41) is 2.62. The number of anilines is 2. The number of methoxy groups -OCH3 is 1. The Kier molecular flexibility index (Phi) is 3.84. The molecular formula is C14H16N4O2. The van der Waals surface area contributed by atoms with Crippen molar-refractivity contribution in [2.75, 3.05) is 18.2 Å². The van der Waals surface area contributed by atoms with E-state index in [0.29, 0.717) is 22.8 Å². The van der Waals surface area contributed by atoms with Crippen molar-refractivity contribution in [3.8, 4) is 5.88 Å². The van der Waals surface area contributed by atoms with Gasteiger partial charge in [0.05, 0.1) is 7.11 Å². The molecular weight excluding hydrogens is 256 g/mol. The molecule has 0 saturated heterocycles. The number of nitrogens with zero attached hydrogens (tertiary/aromatic N) is 2. The maximum atomic E-state index is 12.1. The lowest BCUT2D eigenvalue weighted by molar-refractivity contribution is 0.102. The van der Waals surface area contributed by atoms with E-state index in [4.69, 9.17) is 10.5 Å². The molecule has 1 amide bonds. The van der Waals surface area contributed by atoms with Gasteiger partial charge >= 0.3 is 0 Å². The van der Waals surface area contributed by atoms with Crippen molar-refractivity contribution in [3.63, 3.8) is 0 Å². The van der Waals surface area contributed by atoms with Gasteiger partial charge in [0.15, 0.2) is 0 Å². The molecule has 6 heteroatoms. The second kappa shape index (κ2) is 5.56. The molecule has 1 aromatic heterocycles. The number of nitrogens with one attached hydrogen (secondary N) is 1. The largest absolute Gasteiger partial charge is 0.481 e. The van der Waals surface area contributed by atoms with Gasteiger partial charge in [-0.1, -0.05) is 6.07 Å². The number of amides is 1. The van der Waals surface area contributed by atoms with Crippen molar-refractivity contribution < 1.29 is 9.53 Å². The normalized spacial score (nSPS) is 10.2. The Bertz CT molecular complexity index is 656. The molecule has 0 aliphatic heterocycles. The lowest BCUT2D eigenvalue weighted by Gasteiger charge is -2.07. The Morgan fingerprint density at radius 2 is 2.00 bits per heavy atom. The van der Waals surface area contributed by atoms with Crippen LogP contribution in [0.15, 0.2) is 24.3 Å². The Hall–Kier alpha value is -2.63.